The van der Waals surface area contributed by atoms with Crippen LogP contribution in [0.25, 0.3) is 0 Å². The summed E-state index contributed by atoms with van der Waals surface area (Å²) in [5.41, 5.74) is 0.452. The van der Waals surface area contributed by atoms with Gasteiger partial charge in [-0.1, -0.05) is 18.2 Å². The topological polar surface area (TPSA) is 29.5 Å². The molecule has 0 radical (unpaired) electrons. The van der Waals surface area contributed by atoms with Gasteiger partial charge < -0.3 is 9.64 Å². The molecule has 1 saturated heterocycles. The molecule has 1 atom stereocenters. The fraction of sp³-hybridized carbons (Fsp3) is 0.533. The van der Waals surface area contributed by atoms with Crippen molar-refractivity contribution in [3.63, 3.8) is 0 Å². The number of carbonyl (C=O) groups excluding carboxylic acids is 1. The molecule has 0 aromatic heterocycles. The second kappa shape index (κ2) is 4.39. The van der Waals surface area contributed by atoms with Gasteiger partial charge in [-0.15, -0.1) is 0 Å². The standard InChI is InChI=1S/C15H19NO2/c1-12-11-18-15(9-5-6-10-15)16(12)14(17)13-7-3-2-4-8-13/h2-4,7-8,12H,5-6,9-11H2,1H3/t12-/m1/s1. The average molecular weight is 245 g/mol. The van der Waals surface area contributed by atoms with Crippen LogP contribution in [0.1, 0.15) is 43.0 Å². The maximum absolute atomic E-state index is 12.7. The van der Waals surface area contributed by atoms with Crippen LogP contribution in [-0.4, -0.2) is 29.2 Å². The van der Waals surface area contributed by atoms with Gasteiger partial charge in [0.05, 0.1) is 12.6 Å². The van der Waals surface area contributed by atoms with Crippen molar-refractivity contribution in [3.8, 4) is 0 Å². The van der Waals surface area contributed by atoms with Crippen molar-refractivity contribution >= 4 is 5.91 Å². The molecule has 1 aliphatic carbocycles. The van der Waals surface area contributed by atoms with E-state index in [9.17, 15) is 4.79 Å². The van der Waals surface area contributed by atoms with Gasteiger partial charge in [-0.05, 0) is 44.7 Å². The second-order valence-electron chi connectivity index (χ2n) is 5.35. The van der Waals surface area contributed by atoms with Crippen LogP contribution in [0.4, 0.5) is 0 Å². The Bertz CT molecular complexity index is 437. The number of rotatable bonds is 1. The fourth-order valence-corrected chi connectivity index (χ4v) is 3.24. The van der Waals surface area contributed by atoms with Crippen LogP contribution >= 0.6 is 0 Å². The largest absolute Gasteiger partial charge is 0.353 e. The lowest BCUT2D eigenvalue weighted by Crippen LogP contribution is -2.49. The van der Waals surface area contributed by atoms with Crippen molar-refractivity contribution in [2.24, 2.45) is 0 Å². The van der Waals surface area contributed by atoms with Gasteiger partial charge in [0.15, 0.2) is 0 Å². The molecule has 3 heteroatoms. The third-order valence-electron chi connectivity index (χ3n) is 4.10. The zero-order chi connectivity index (χ0) is 12.6. The zero-order valence-corrected chi connectivity index (χ0v) is 10.8. The summed E-state index contributed by atoms with van der Waals surface area (Å²) in [6.07, 6.45) is 4.28. The summed E-state index contributed by atoms with van der Waals surface area (Å²) in [5, 5.41) is 0. The number of carbonyl (C=O) groups is 1. The Morgan fingerprint density at radius 3 is 2.61 bits per heavy atom. The first-order valence-corrected chi connectivity index (χ1v) is 6.76. The van der Waals surface area contributed by atoms with Gasteiger partial charge in [0, 0.05) is 5.56 Å². The van der Waals surface area contributed by atoms with Crippen molar-refractivity contribution in [2.75, 3.05) is 6.61 Å². The minimum absolute atomic E-state index is 0.113. The molecule has 0 N–H and O–H groups in total. The first-order valence-electron chi connectivity index (χ1n) is 6.76. The molecular formula is C15H19NO2. The molecule has 1 amide bonds. The van der Waals surface area contributed by atoms with E-state index in [0.717, 1.165) is 31.2 Å². The predicted octanol–water partition coefficient (Wildman–Crippen LogP) is 2.82. The van der Waals surface area contributed by atoms with Crippen LogP contribution in [-0.2, 0) is 4.74 Å². The quantitative estimate of drug-likeness (QED) is 0.761. The summed E-state index contributed by atoms with van der Waals surface area (Å²) in [6, 6.07) is 9.71. The Balaban J connectivity index is 1.92. The van der Waals surface area contributed by atoms with Gasteiger partial charge in [-0.25, -0.2) is 0 Å². The van der Waals surface area contributed by atoms with Gasteiger partial charge in [-0.3, -0.25) is 4.79 Å². The molecular weight excluding hydrogens is 226 g/mol. The molecule has 0 bridgehead atoms. The predicted molar refractivity (Wildman–Crippen MR) is 69.2 cm³/mol. The fourth-order valence-electron chi connectivity index (χ4n) is 3.24. The molecule has 3 rings (SSSR count). The Kier molecular flexibility index (Phi) is 2.86. The molecule has 0 unspecified atom stereocenters. The van der Waals surface area contributed by atoms with Gasteiger partial charge >= 0.3 is 0 Å². The number of benzene rings is 1. The SMILES string of the molecule is C[C@@H]1COC2(CCCC2)N1C(=O)c1ccccc1. The molecule has 1 saturated carbocycles. The van der Waals surface area contributed by atoms with Gasteiger partial charge in [0.2, 0.25) is 0 Å². The summed E-state index contributed by atoms with van der Waals surface area (Å²) in [7, 11) is 0. The van der Waals surface area contributed by atoms with Crippen molar-refractivity contribution in [1.82, 2.24) is 4.90 Å². The van der Waals surface area contributed by atoms with Crippen molar-refractivity contribution in [2.45, 2.75) is 44.4 Å². The van der Waals surface area contributed by atoms with Crippen LogP contribution in [0.3, 0.4) is 0 Å². The van der Waals surface area contributed by atoms with Crippen LogP contribution in [0.2, 0.25) is 0 Å². The molecule has 18 heavy (non-hydrogen) atoms. The van der Waals surface area contributed by atoms with Crippen LogP contribution < -0.4 is 0 Å². The van der Waals surface area contributed by atoms with Crippen molar-refractivity contribution < 1.29 is 9.53 Å². The normalized spacial score (nSPS) is 25.8. The first-order chi connectivity index (χ1) is 8.73. The van der Waals surface area contributed by atoms with Gasteiger partial charge in [0.1, 0.15) is 5.72 Å². The summed E-state index contributed by atoms with van der Waals surface area (Å²) in [4.78, 5) is 14.6. The molecule has 1 aromatic rings. The van der Waals surface area contributed by atoms with Crippen molar-refractivity contribution in [3.05, 3.63) is 35.9 Å². The maximum Gasteiger partial charge on any atom is 0.256 e. The lowest BCUT2D eigenvalue weighted by molar-refractivity contribution is -0.0637. The highest BCUT2D eigenvalue weighted by molar-refractivity contribution is 5.95. The van der Waals surface area contributed by atoms with E-state index in [1.54, 1.807) is 0 Å². The number of hydrogen-bond acceptors (Lipinski definition) is 2. The molecule has 2 fully saturated rings. The lowest BCUT2D eigenvalue weighted by Gasteiger charge is -2.35. The van der Waals surface area contributed by atoms with E-state index >= 15 is 0 Å². The molecule has 96 valence electrons. The summed E-state index contributed by atoms with van der Waals surface area (Å²) in [6.45, 7) is 2.74. The molecule has 1 aliphatic heterocycles. The second-order valence-corrected chi connectivity index (χ2v) is 5.35. The third-order valence-corrected chi connectivity index (χ3v) is 4.10. The number of amides is 1. The number of nitrogens with zero attached hydrogens (tertiary/aromatic N) is 1. The van der Waals surface area contributed by atoms with Crippen LogP contribution in [0.15, 0.2) is 30.3 Å². The Labute approximate surface area is 108 Å². The number of ether oxygens (including phenoxy) is 1. The third kappa shape index (κ3) is 1.74. The van der Waals surface area contributed by atoms with Crippen LogP contribution in [0, 0.1) is 0 Å². The summed E-state index contributed by atoms with van der Waals surface area (Å²) >= 11 is 0. The molecule has 1 heterocycles. The molecule has 3 nitrogen and oxygen atoms in total. The molecule has 1 aromatic carbocycles. The summed E-state index contributed by atoms with van der Waals surface area (Å²) < 4.78 is 5.97. The van der Waals surface area contributed by atoms with Crippen LogP contribution in [0.5, 0.6) is 0 Å². The van der Waals surface area contributed by atoms with E-state index in [-0.39, 0.29) is 17.7 Å². The smallest absolute Gasteiger partial charge is 0.256 e. The Morgan fingerprint density at radius 1 is 1.28 bits per heavy atom. The van der Waals surface area contributed by atoms with Crippen molar-refractivity contribution in [1.29, 1.82) is 0 Å². The monoisotopic (exact) mass is 245 g/mol. The maximum atomic E-state index is 12.7. The minimum atomic E-state index is -0.313. The van der Waals surface area contributed by atoms with E-state index in [0.29, 0.717) is 6.61 Å². The highest BCUT2D eigenvalue weighted by Crippen LogP contribution is 2.42. The lowest BCUT2D eigenvalue weighted by atomic mass is 10.1. The Hall–Kier alpha value is -1.35. The highest BCUT2D eigenvalue weighted by atomic mass is 16.5. The molecule has 1 spiro atoms. The zero-order valence-electron chi connectivity index (χ0n) is 10.8. The summed E-state index contributed by atoms with van der Waals surface area (Å²) in [5.74, 6) is 0.113. The van der Waals surface area contributed by atoms with Gasteiger partial charge in [-0.2, -0.15) is 0 Å². The van der Waals surface area contributed by atoms with E-state index in [2.05, 4.69) is 6.92 Å². The van der Waals surface area contributed by atoms with E-state index < -0.39 is 0 Å². The first kappa shape index (κ1) is 11.7. The highest BCUT2D eigenvalue weighted by Gasteiger charge is 2.50. The van der Waals surface area contributed by atoms with E-state index in [1.165, 1.54) is 0 Å². The van der Waals surface area contributed by atoms with E-state index in [1.807, 2.05) is 35.2 Å². The minimum Gasteiger partial charge on any atom is -0.353 e. The van der Waals surface area contributed by atoms with E-state index in [4.69, 9.17) is 4.74 Å². The molecule has 2 aliphatic rings. The van der Waals surface area contributed by atoms with Gasteiger partial charge in [0.25, 0.3) is 5.91 Å². The number of hydrogen-bond donors (Lipinski definition) is 0. The average Bonchev–Trinajstić information content (AvgIpc) is 2.99. The Morgan fingerprint density at radius 2 is 1.94 bits per heavy atom.